The second-order valence-corrected chi connectivity index (χ2v) is 7.34. The summed E-state index contributed by atoms with van der Waals surface area (Å²) in [6, 6.07) is 9.12. The lowest BCUT2D eigenvalue weighted by atomic mass is 10.1. The number of nitrogens with one attached hydrogen (secondary N) is 1. The van der Waals surface area contributed by atoms with Crippen molar-refractivity contribution in [2.45, 2.75) is 6.92 Å². The van der Waals surface area contributed by atoms with Gasteiger partial charge in [-0.05, 0) is 74.7 Å². The highest BCUT2D eigenvalue weighted by Crippen LogP contribution is 2.34. The largest absolute Gasteiger partial charge is 0.506 e. The van der Waals surface area contributed by atoms with Crippen LogP contribution in [-0.4, -0.2) is 23.0 Å². The molecule has 6 nitrogen and oxygen atoms in total. The Labute approximate surface area is 165 Å². The summed E-state index contributed by atoms with van der Waals surface area (Å²) >= 11 is 6.40. The van der Waals surface area contributed by atoms with Crippen molar-refractivity contribution in [3.05, 3.63) is 62.0 Å². The van der Waals surface area contributed by atoms with Gasteiger partial charge in [0.05, 0.1) is 14.6 Å². The van der Waals surface area contributed by atoms with Gasteiger partial charge in [0.25, 0.3) is 11.8 Å². The quantitative estimate of drug-likeness (QED) is 0.505. The van der Waals surface area contributed by atoms with Crippen molar-refractivity contribution in [3.63, 3.8) is 0 Å². The van der Waals surface area contributed by atoms with E-state index in [0.29, 0.717) is 20.2 Å². The average Bonchev–Trinajstić information content (AvgIpc) is 2.58. The van der Waals surface area contributed by atoms with Gasteiger partial charge >= 0.3 is 6.03 Å². The Morgan fingerprint density at radius 2 is 1.62 bits per heavy atom. The van der Waals surface area contributed by atoms with Crippen molar-refractivity contribution < 1.29 is 19.5 Å². The number of benzene rings is 2. The molecule has 1 saturated heterocycles. The van der Waals surface area contributed by atoms with Crippen LogP contribution in [0.1, 0.15) is 11.1 Å². The Kier molecular flexibility index (Phi) is 4.97. The molecular formula is C18H12Br2N2O4. The number of rotatable bonds is 2. The van der Waals surface area contributed by atoms with Crippen LogP contribution < -0.4 is 10.2 Å². The van der Waals surface area contributed by atoms with Gasteiger partial charge in [0.2, 0.25) is 0 Å². The summed E-state index contributed by atoms with van der Waals surface area (Å²) in [4.78, 5) is 38.0. The maximum atomic E-state index is 12.8. The number of nitrogens with zero attached hydrogens (tertiary/aromatic N) is 1. The van der Waals surface area contributed by atoms with Crippen LogP contribution >= 0.6 is 31.9 Å². The molecule has 4 amide bonds. The third-order valence-corrected chi connectivity index (χ3v) is 4.95. The van der Waals surface area contributed by atoms with E-state index < -0.39 is 17.8 Å². The molecule has 0 unspecified atom stereocenters. The number of carbonyl (C=O) groups excluding carboxylic acids is 3. The minimum Gasteiger partial charge on any atom is -0.506 e. The van der Waals surface area contributed by atoms with Gasteiger partial charge in [-0.2, -0.15) is 0 Å². The zero-order valence-electron chi connectivity index (χ0n) is 13.4. The Bertz CT molecular complexity index is 945. The number of aromatic hydroxyl groups is 1. The summed E-state index contributed by atoms with van der Waals surface area (Å²) in [6.07, 6.45) is 1.36. The van der Waals surface area contributed by atoms with Gasteiger partial charge < -0.3 is 5.11 Å². The Morgan fingerprint density at radius 1 is 1.04 bits per heavy atom. The SMILES string of the molecule is Cc1ccc(N2C(=O)NC(=O)C(=Cc3cc(Br)c(O)c(Br)c3)C2=O)cc1. The average molecular weight is 480 g/mol. The first-order valence-corrected chi connectivity index (χ1v) is 9.02. The molecule has 1 aliphatic heterocycles. The Hall–Kier alpha value is -2.45. The molecule has 1 heterocycles. The van der Waals surface area contributed by atoms with E-state index in [1.807, 2.05) is 6.92 Å². The van der Waals surface area contributed by atoms with Crippen LogP contribution in [0.2, 0.25) is 0 Å². The third-order valence-electron chi connectivity index (χ3n) is 3.74. The number of urea groups is 1. The molecule has 0 spiro atoms. The van der Waals surface area contributed by atoms with E-state index in [9.17, 15) is 19.5 Å². The summed E-state index contributed by atoms with van der Waals surface area (Å²) in [5, 5.41) is 11.9. The number of carbonyl (C=O) groups is 3. The smallest absolute Gasteiger partial charge is 0.335 e. The first-order chi connectivity index (χ1) is 12.3. The number of phenols is 1. The molecule has 132 valence electrons. The molecule has 0 radical (unpaired) electrons. The molecule has 0 bridgehead atoms. The lowest BCUT2D eigenvalue weighted by Gasteiger charge is -2.26. The number of hydrogen-bond donors (Lipinski definition) is 2. The van der Waals surface area contributed by atoms with E-state index in [0.717, 1.165) is 10.5 Å². The second kappa shape index (κ2) is 7.05. The van der Waals surface area contributed by atoms with Crippen molar-refractivity contribution in [2.24, 2.45) is 0 Å². The molecule has 1 fully saturated rings. The van der Waals surface area contributed by atoms with Crippen LogP contribution in [0.5, 0.6) is 5.75 Å². The fourth-order valence-electron chi connectivity index (χ4n) is 2.42. The molecule has 3 rings (SSSR count). The molecule has 2 N–H and O–H groups in total. The minimum absolute atomic E-state index is 0.00281. The first-order valence-electron chi connectivity index (χ1n) is 7.44. The minimum atomic E-state index is -0.797. The van der Waals surface area contributed by atoms with Gasteiger partial charge in [-0.3, -0.25) is 14.9 Å². The van der Waals surface area contributed by atoms with E-state index in [2.05, 4.69) is 37.2 Å². The van der Waals surface area contributed by atoms with Gasteiger partial charge in [0.1, 0.15) is 11.3 Å². The van der Waals surface area contributed by atoms with Crippen LogP contribution in [0, 0.1) is 6.92 Å². The topological polar surface area (TPSA) is 86.7 Å². The maximum Gasteiger partial charge on any atom is 0.335 e. The Morgan fingerprint density at radius 3 is 2.19 bits per heavy atom. The van der Waals surface area contributed by atoms with Gasteiger partial charge in [-0.1, -0.05) is 17.7 Å². The lowest BCUT2D eigenvalue weighted by molar-refractivity contribution is -0.122. The highest BCUT2D eigenvalue weighted by Gasteiger charge is 2.36. The van der Waals surface area contributed by atoms with E-state index in [4.69, 9.17) is 0 Å². The second-order valence-electron chi connectivity index (χ2n) is 5.63. The van der Waals surface area contributed by atoms with Gasteiger partial charge in [-0.15, -0.1) is 0 Å². The summed E-state index contributed by atoms with van der Waals surface area (Å²) in [5.74, 6) is -1.49. The molecule has 2 aromatic rings. The maximum absolute atomic E-state index is 12.8. The van der Waals surface area contributed by atoms with Crippen LogP contribution in [0.4, 0.5) is 10.5 Å². The molecule has 0 saturated carbocycles. The van der Waals surface area contributed by atoms with Crippen molar-refractivity contribution in [3.8, 4) is 5.75 Å². The fourth-order valence-corrected chi connectivity index (χ4v) is 3.64. The number of halogens is 2. The number of aryl methyl sites for hydroxylation is 1. The predicted octanol–water partition coefficient (Wildman–Crippen LogP) is 3.89. The number of anilines is 1. The van der Waals surface area contributed by atoms with Crippen molar-refractivity contribution in [1.82, 2.24) is 5.32 Å². The van der Waals surface area contributed by atoms with Gasteiger partial charge in [0.15, 0.2) is 0 Å². The summed E-state index contributed by atoms with van der Waals surface area (Å²) in [6.45, 7) is 1.89. The van der Waals surface area contributed by atoms with E-state index >= 15 is 0 Å². The number of amides is 4. The van der Waals surface area contributed by atoms with Crippen molar-refractivity contribution >= 4 is 61.5 Å². The van der Waals surface area contributed by atoms with Crippen LogP contribution in [0.3, 0.4) is 0 Å². The van der Waals surface area contributed by atoms with E-state index in [1.165, 1.54) is 6.08 Å². The predicted molar refractivity (Wildman–Crippen MR) is 104 cm³/mol. The number of hydrogen-bond acceptors (Lipinski definition) is 4. The first kappa shape index (κ1) is 18.3. The molecule has 1 aliphatic rings. The highest BCUT2D eigenvalue weighted by molar-refractivity contribution is 9.11. The summed E-state index contributed by atoms with van der Waals surface area (Å²) in [7, 11) is 0. The number of imide groups is 2. The van der Waals surface area contributed by atoms with Crippen LogP contribution in [0.25, 0.3) is 6.08 Å². The monoisotopic (exact) mass is 478 g/mol. The van der Waals surface area contributed by atoms with Crippen LogP contribution in [-0.2, 0) is 9.59 Å². The fraction of sp³-hybridized carbons (Fsp3) is 0.0556. The van der Waals surface area contributed by atoms with Crippen molar-refractivity contribution in [2.75, 3.05) is 4.90 Å². The lowest BCUT2D eigenvalue weighted by Crippen LogP contribution is -2.54. The molecule has 26 heavy (non-hydrogen) atoms. The molecule has 2 aromatic carbocycles. The van der Waals surface area contributed by atoms with E-state index in [1.54, 1.807) is 36.4 Å². The third kappa shape index (κ3) is 3.42. The molecule has 0 aliphatic carbocycles. The molecular weight excluding hydrogens is 468 g/mol. The zero-order chi connectivity index (χ0) is 19.0. The molecule has 8 heteroatoms. The van der Waals surface area contributed by atoms with Gasteiger partial charge in [0, 0.05) is 0 Å². The summed E-state index contributed by atoms with van der Waals surface area (Å²) < 4.78 is 0.794. The Balaban J connectivity index is 2.04. The molecule has 0 atom stereocenters. The number of barbiturate groups is 1. The zero-order valence-corrected chi connectivity index (χ0v) is 16.6. The highest BCUT2D eigenvalue weighted by atomic mass is 79.9. The standard InChI is InChI=1S/C18H12Br2N2O4/c1-9-2-4-11(5-3-9)22-17(25)12(16(24)21-18(22)26)6-10-7-13(19)15(23)14(20)8-10/h2-8,23H,1H3,(H,21,24,26). The molecule has 0 aromatic heterocycles. The van der Waals surface area contributed by atoms with E-state index in [-0.39, 0.29) is 11.3 Å². The van der Waals surface area contributed by atoms with Crippen molar-refractivity contribution in [1.29, 1.82) is 0 Å². The van der Waals surface area contributed by atoms with Gasteiger partial charge in [-0.25, -0.2) is 9.69 Å². The summed E-state index contributed by atoms with van der Waals surface area (Å²) in [5.41, 5.74) is 1.65. The normalized spacial score (nSPS) is 16.2. The number of phenolic OH excluding ortho intramolecular Hbond substituents is 1. The van der Waals surface area contributed by atoms with Crippen LogP contribution in [0.15, 0.2) is 50.9 Å².